The van der Waals surface area contributed by atoms with Crippen molar-refractivity contribution in [3.05, 3.63) is 52.7 Å². The molecule has 0 amide bonds. The molecule has 1 N–H and O–H groups in total. The van der Waals surface area contributed by atoms with Crippen molar-refractivity contribution in [3.8, 4) is 0 Å². The van der Waals surface area contributed by atoms with Gasteiger partial charge in [0.2, 0.25) is 5.82 Å². The second-order valence-corrected chi connectivity index (χ2v) is 3.76. The van der Waals surface area contributed by atoms with E-state index in [0.717, 1.165) is 6.21 Å². The van der Waals surface area contributed by atoms with E-state index in [4.69, 9.17) is 4.42 Å². The van der Waals surface area contributed by atoms with Gasteiger partial charge < -0.3 is 4.42 Å². The largest absolute Gasteiger partial charge is 0.460 e. The quantitative estimate of drug-likeness (QED) is 0.307. The minimum atomic E-state index is -2.23. The van der Waals surface area contributed by atoms with E-state index in [1.165, 1.54) is 6.07 Å². The Morgan fingerprint density at radius 1 is 0.950 bits per heavy atom. The third-order valence-corrected chi connectivity index (χ3v) is 2.34. The highest BCUT2D eigenvalue weighted by atomic mass is 19.2. The first-order chi connectivity index (χ1) is 9.41. The van der Waals surface area contributed by atoms with Crippen LogP contribution >= 0.6 is 0 Å². The number of benzene rings is 1. The van der Waals surface area contributed by atoms with Gasteiger partial charge in [-0.1, -0.05) is 0 Å². The Balaban J connectivity index is 2.28. The van der Waals surface area contributed by atoms with E-state index in [-0.39, 0.29) is 5.76 Å². The van der Waals surface area contributed by atoms with Gasteiger partial charge in [-0.15, -0.1) is 0 Å². The Morgan fingerprint density at radius 3 is 2.00 bits per heavy atom. The molecule has 1 aromatic heterocycles. The van der Waals surface area contributed by atoms with Crippen molar-refractivity contribution >= 4 is 11.9 Å². The summed E-state index contributed by atoms with van der Waals surface area (Å²) >= 11 is 0. The van der Waals surface area contributed by atoms with Crippen molar-refractivity contribution in [2.45, 2.75) is 6.92 Å². The van der Waals surface area contributed by atoms with Crippen LogP contribution in [-0.4, -0.2) is 6.21 Å². The van der Waals surface area contributed by atoms with Gasteiger partial charge in [0.25, 0.3) is 0 Å². The lowest BCUT2D eigenvalue weighted by atomic mass is 10.2. The van der Waals surface area contributed by atoms with Gasteiger partial charge in [0.05, 0.1) is 6.21 Å². The van der Waals surface area contributed by atoms with Gasteiger partial charge in [-0.05, 0) is 19.1 Å². The molecule has 2 aromatic rings. The van der Waals surface area contributed by atoms with E-state index in [2.05, 4.69) is 5.10 Å². The lowest BCUT2D eigenvalue weighted by Crippen LogP contribution is -2.06. The molecule has 0 atom stereocenters. The van der Waals surface area contributed by atoms with Crippen LogP contribution in [0.2, 0.25) is 0 Å². The molecule has 20 heavy (non-hydrogen) atoms. The SMILES string of the molecule is Cc1ccc(/C=N/Nc2c(F)c(F)c(F)c(F)c2F)o1. The number of nitrogens with zero attached hydrogens (tertiary/aromatic N) is 1. The normalized spacial score (nSPS) is 11.3. The molecule has 0 radical (unpaired) electrons. The summed E-state index contributed by atoms with van der Waals surface area (Å²) in [6.07, 6.45) is 1.03. The minimum Gasteiger partial charge on any atom is -0.460 e. The lowest BCUT2D eigenvalue weighted by Gasteiger charge is -2.06. The second kappa shape index (κ2) is 5.32. The number of hydrogen-bond acceptors (Lipinski definition) is 3. The molecule has 1 heterocycles. The molecule has 0 saturated heterocycles. The fourth-order valence-corrected chi connectivity index (χ4v) is 1.39. The summed E-state index contributed by atoms with van der Waals surface area (Å²) in [6, 6.07) is 3.12. The third-order valence-electron chi connectivity index (χ3n) is 2.34. The van der Waals surface area contributed by atoms with Crippen LogP contribution in [0.4, 0.5) is 27.6 Å². The molecule has 0 unspecified atom stereocenters. The van der Waals surface area contributed by atoms with Gasteiger partial charge in [0.15, 0.2) is 23.3 Å². The lowest BCUT2D eigenvalue weighted by molar-refractivity contribution is 0.381. The van der Waals surface area contributed by atoms with Gasteiger partial charge >= 0.3 is 0 Å². The Hall–Kier alpha value is -2.38. The van der Waals surface area contributed by atoms with Gasteiger partial charge in [-0.3, -0.25) is 5.43 Å². The molecule has 0 spiro atoms. The fourth-order valence-electron chi connectivity index (χ4n) is 1.39. The van der Waals surface area contributed by atoms with Crippen molar-refractivity contribution in [1.29, 1.82) is 0 Å². The minimum absolute atomic E-state index is 0.249. The summed E-state index contributed by atoms with van der Waals surface area (Å²) in [5, 5.41) is 3.35. The highest BCUT2D eigenvalue weighted by Gasteiger charge is 2.25. The van der Waals surface area contributed by atoms with E-state index < -0.39 is 34.8 Å². The first-order valence-corrected chi connectivity index (χ1v) is 5.28. The molecule has 0 aliphatic rings. The molecule has 1 aromatic carbocycles. The molecule has 0 fully saturated rings. The molecule has 106 valence electrons. The highest BCUT2D eigenvalue weighted by molar-refractivity contribution is 5.76. The average Bonchev–Trinajstić information content (AvgIpc) is 2.84. The zero-order chi connectivity index (χ0) is 14.9. The Bertz CT molecular complexity index is 652. The van der Waals surface area contributed by atoms with Crippen molar-refractivity contribution in [3.63, 3.8) is 0 Å². The monoisotopic (exact) mass is 290 g/mol. The zero-order valence-corrected chi connectivity index (χ0v) is 9.98. The second-order valence-electron chi connectivity index (χ2n) is 3.76. The summed E-state index contributed by atoms with van der Waals surface area (Å²) in [6.45, 7) is 1.66. The van der Waals surface area contributed by atoms with Gasteiger partial charge in [-0.2, -0.15) is 5.10 Å². The third kappa shape index (κ3) is 2.49. The number of hydrazone groups is 1. The van der Waals surface area contributed by atoms with Crippen LogP contribution < -0.4 is 5.43 Å². The van der Waals surface area contributed by atoms with E-state index in [1.54, 1.807) is 18.4 Å². The maximum atomic E-state index is 13.3. The topological polar surface area (TPSA) is 37.5 Å². The van der Waals surface area contributed by atoms with E-state index >= 15 is 0 Å². The molecular weight excluding hydrogens is 283 g/mol. The number of nitrogens with one attached hydrogen (secondary N) is 1. The zero-order valence-electron chi connectivity index (χ0n) is 9.98. The Labute approximate surface area is 109 Å². The van der Waals surface area contributed by atoms with E-state index in [1.807, 2.05) is 0 Å². The number of aryl methyl sites for hydroxylation is 1. The number of furan rings is 1. The molecule has 3 nitrogen and oxygen atoms in total. The maximum absolute atomic E-state index is 13.3. The highest BCUT2D eigenvalue weighted by Crippen LogP contribution is 2.26. The van der Waals surface area contributed by atoms with Crippen LogP contribution in [0.5, 0.6) is 0 Å². The van der Waals surface area contributed by atoms with Crippen LogP contribution in [-0.2, 0) is 0 Å². The molecule has 8 heteroatoms. The van der Waals surface area contributed by atoms with Crippen LogP contribution in [0.25, 0.3) is 0 Å². The van der Waals surface area contributed by atoms with Gasteiger partial charge in [0, 0.05) is 0 Å². The molecule has 0 aliphatic heterocycles. The van der Waals surface area contributed by atoms with Crippen LogP contribution in [0.1, 0.15) is 11.5 Å². The van der Waals surface area contributed by atoms with E-state index in [0.29, 0.717) is 5.76 Å². The van der Waals surface area contributed by atoms with Crippen molar-refractivity contribution in [2.75, 3.05) is 5.43 Å². The Kier molecular flexibility index (Phi) is 3.73. The van der Waals surface area contributed by atoms with Gasteiger partial charge in [-0.25, -0.2) is 22.0 Å². The predicted molar refractivity (Wildman–Crippen MR) is 60.9 cm³/mol. The van der Waals surface area contributed by atoms with Crippen LogP contribution in [0, 0.1) is 36.0 Å². The Morgan fingerprint density at radius 2 is 1.50 bits per heavy atom. The van der Waals surface area contributed by atoms with Crippen LogP contribution in [0.15, 0.2) is 21.7 Å². The predicted octanol–water partition coefficient (Wildman–Crippen LogP) is 3.73. The molecule has 2 rings (SSSR count). The number of rotatable bonds is 3. The number of hydrogen-bond donors (Lipinski definition) is 1. The fraction of sp³-hybridized carbons (Fsp3) is 0.0833. The first kappa shape index (κ1) is 14.0. The number of anilines is 1. The van der Waals surface area contributed by atoms with E-state index in [9.17, 15) is 22.0 Å². The van der Waals surface area contributed by atoms with Gasteiger partial charge in [0.1, 0.15) is 17.2 Å². The standard InChI is InChI=1S/C12H7F5N2O/c1-5-2-3-6(20-5)4-18-19-12-10(16)8(14)7(13)9(15)11(12)17/h2-4,19H,1H3/b18-4+. The smallest absolute Gasteiger partial charge is 0.200 e. The summed E-state index contributed by atoms with van der Waals surface area (Å²) in [7, 11) is 0. The number of halogens is 5. The summed E-state index contributed by atoms with van der Waals surface area (Å²) in [5.74, 6) is -9.48. The molecule has 0 saturated carbocycles. The summed E-state index contributed by atoms with van der Waals surface area (Å²) in [5.41, 5.74) is 0.525. The van der Waals surface area contributed by atoms with Crippen LogP contribution in [0.3, 0.4) is 0 Å². The van der Waals surface area contributed by atoms with Crippen molar-refractivity contribution in [1.82, 2.24) is 0 Å². The molecule has 0 aliphatic carbocycles. The summed E-state index contributed by atoms with van der Waals surface area (Å²) < 4.78 is 70.1. The molecule has 0 bridgehead atoms. The average molecular weight is 290 g/mol. The molecular formula is C12H7F5N2O. The maximum Gasteiger partial charge on any atom is 0.200 e. The first-order valence-electron chi connectivity index (χ1n) is 5.28. The van der Waals surface area contributed by atoms with Crippen molar-refractivity contribution in [2.24, 2.45) is 5.10 Å². The summed E-state index contributed by atoms with van der Waals surface area (Å²) in [4.78, 5) is 0. The van der Waals surface area contributed by atoms with Crippen molar-refractivity contribution < 1.29 is 26.4 Å².